The van der Waals surface area contributed by atoms with Gasteiger partial charge in [0.05, 0.1) is 12.0 Å². The summed E-state index contributed by atoms with van der Waals surface area (Å²) < 4.78 is 15.4. The zero-order valence-electron chi connectivity index (χ0n) is 19.2. The van der Waals surface area contributed by atoms with Crippen LogP contribution in [-0.4, -0.2) is 76.4 Å². The molecule has 1 aliphatic rings. The van der Waals surface area contributed by atoms with Crippen LogP contribution in [0.3, 0.4) is 0 Å². The quantitative estimate of drug-likeness (QED) is 0.372. The first kappa shape index (κ1) is 26.7. The monoisotopic (exact) mass is 467 g/mol. The maximum Gasteiger partial charge on any atom is 0.414 e. The number of ether oxygens (including phenoxy) is 3. The maximum absolute atomic E-state index is 12.3. The van der Waals surface area contributed by atoms with Gasteiger partial charge >= 0.3 is 12.1 Å². The summed E-state index contributed by atoms with van der Waals surface area (Å²) in [6, 6.07) is 5.28. The second-order valence-corrected chi connectivity index (χ2v) is 8.75. The van der Waals surface area contributed by atoms with Crippen molar-refractivity contribution in [3.8, 4) is 0 Å². The molecule has 0 aliphatic carbocycles. The Labute approximate surface area is 192 Å². The highest BCUT2D eigenvalue weighted by Crippen LogP contribution is 2.24. The number of aliphatic hydroxyl groups excluding tert-OH is 4. The molecule has 1 aliphatic heterocycles. The number of nitrogens with one attached hydrogen (secondary N) is 1. The predicted octanol–water partition coefficient (Wildman–Crippen LogP) is 1.20. The van der Waals surface area contributed by atoms with Crippen LogP contribution in [0.1, 0.15) is 38.8 Å². The summed E-state index contributed by atoms with van der Waals surface area (Å²) in [5.74, 6) is -0.293. The van der Waals surface area contributed by atoms with Gasteiger partial charge in [0.1, 0.15) is 31.0 Å². The molecular formula is C23H33NO9. The van der Waals surface area contributed by atoms with E-state index in [0.717, 1.165) is 11.1 Å². The van der Waals surface area contributed by atoms with Crippen LogP contribution >= 0.6 is 0 Å². The molecule has 2 rings (SSSR count). The minimum Gasteiger partial charge on any atom is -0.461 e. The van der Waals surface area contributed by atoms with Crippen molar-refractivity contribution in [2.75, 3.05) is 18.5 Å². The van der Waals surface area contributed by atoms with Crippen molar-refractivity contribution in [3.63, 3.8) is 0 Å². The second-order valence-electron chi connectivity index (χ2n) is 8.75. The molecule has 5 N–H and O–H groups in total. The molecule has 10 nitrogen and oxygen atoms in total. The third kappa shape index (κ3) is 7.24. The van der Waals surface area contributed by atoms with E-state index in [1.807, 2.05) is 13.0 Å². The summed E-state index contributed by atoms with van der Waals surface area (Å²) in [6.45, 7) is 6.75. The van der Waals surface area contributed by atoms with Crippen molar-refractivity contribution in [3.05, 3.63) is 35.4 Å². The molecule has 0 spiro atoms. The summed E-state index contributed by atoms with van der Waals surface area (Å²) in [4.78, 5) is 24.1. The van der Waals surface area contributed by atoms with Crippen LogP contribution in [0.5, 0.6) is 0 Å². The van der Waals surface area contributed by atoms with E-state index in [1.165, 1.54) is 0 Å². The highest BCUT2D eigenvalue weighted by atomic mass is 16.7. The van der Waals surface area contributed by atoms with Gasteiger partial charge in [-0.1, -0.05) is 19.1 Å². The molecule has 10 heteroatoms. The van der Waals surface area contributed by atoms with Gasteiger partial charge in [-0.25, -0.2) is 4.79 Å². The standard InChI is InChI=1S/C23H33NO9/c1-5-14-11-13(7-6-10-31-21(29)23(2,3)4)8-9-15(14)24-22(30)33-20-19(28)18(27)17(26)16(12-25)32-20/h6-9,11,16-20,25-28H,5,10,12H2,1-4H3,(H,24,30)/b7-6+/t16-,17-,18+,19-,20+/m1/s1. The second kappa shape index (κ2) is 11.6. The fourth-order valence-electron chi connectivity index (χ4n) is 3.07. The lowest BCUT2D eigenvalue weighted by Gasteiger charge is -2.39. The Hall–Kier alpha value is -2.50. The van der Waals surface area contributed by atoms with Gasteiger partial charge in [-0.15, -0.1) is 0 Å². The lowest BCUT2D eigenvalue weighted by atomic mass is 9.97. The Kier molecular flexibility index (Phi) is 9.38. The van der Waals surface area contributed by atoms with Crippen molar-refractivity contribution in [2.45, 2.75) is 64.8 Å². The molecule has 1 fully saturated rings. The molecule has 5 atom stereocenters. The third-order valence-corrected chi connectivity index (χ3v) is 5.05. The van der Waals surface area contributed by atoms with Crippen LogP contribution < -0.4 is 5.32 Å². The van der Waals surface area contributed by atoms with Crippen LogP contribution in [-0.2, 0) is 25.4 Å². The normalized spacial score (nSPS) is 25.6. The van der Waals surface area contributed by atoms with E-state index < -0.39 is 48.8 Å². The average molecular weight is 468 g/mol. The molecule has 0 unspecified atom stereocenters. The average Bonchev–Trinajstić information content (AvgIpc) is 2.76. The molecule has 1 amide bonds. The highest BCUT2D eigenvalue weighted by molar-refractivity contribution is 5.86. The van der Waals surface area contributed by atoms with Crippen molar-refractivity contribution >= 4 is 23.8 Å². The zero-order chi connectivity index (χ0) is 24.8. The fourth-order valence-corrected chi connectivity index (χ4v) is 3.07. The molecule has 1 aromatic carbocycles. The predicted molar refractivity (Wildman–Crippen MR) is 119 cm³/mol. The van der Waals surface area contributed by atoms with Gasteiger partial charge < -0.3 is 34.6 Å². The topological polar surface area (TPSA) is 155 Å². The van der Waals surface area contributed by atoms with Gasteiger partial charge in [0.15, 0.2) is 0 Å². The van der Waals surface area contributed by atoms with Gasteiger partial charge in [0.25, 0.3) is 0 Å². The third-order valence-electron chi connectivity index (χ3n) is 5.05. The number of rotatable bonds is 7. The van der Waals surface area contributed by atoms with Crippen LogP contribution in [0.15, 0.2) is 24.3 Å². The Bertz CT molecular complexity index is 847. The van der Waals surface area contributed by atoms with Gasteiger partial charge in [-0.05, 0) is 56.5 Å². The number of hydrogen-bond acceptors (Lipinski definition) is 9. The molecule has 0 saturated carbocycles. The van der Waals surface area contributed by atoms with Gasteiger partial charge in [0.2, 0.25) is 6.29 Å². The Morgan fingerprint density at radius 1 is 1.15 bits per heavy atom. The summed E-state index contributed by atoms with van der Waals surface area (Å²) in [5, 5.41) is 41.4. The van der Waals surface area contributed by atoms with Gasteiger partial charge in [-0.2, -0.15) is 0 Å². The summed E-state index contributed by atoms with van der Waals surface area (Å²) in [7, 11) is 0. The molecule has 1 saturated heterocycles. The number of esters is 1. The Morgan fingerprint density at radius 2 is 1.85 bits per heavy atom. The molecule has 0 aromatic heterocycles. The molecule has 184 valence electrons. The summed E-state index contributed by atoms with van der Waals surface area (Å²) >= 11 is 0. The Morgan fingerprint density at radius 3 is 2.45 bits per heavy atom. The number of benzene rings is 1. The van der Waals surface area contributed by atoms with Crippen LogP contribution in [0.25, 0.3) is 6.08 Å². The number of aliphatic hydroxyl groups is 4. The highest BCUT2D eigenvalue weighted by Gasteiger charge is 2.45. The smallest absolute Gasteiger partial charge is 0.414 e. The molecule has 1 heterocycles. The first-order chi connectivity index (χ1) is 15.5. The summed E-state index contributed by atoms with van der Waals surface area (Å²) in [5.41, 5.74) is 1.55. The lowest BCUT2D eigenvalue weighted by Crippen LogP contribution is -2.59. The van der Waals surface area contributed by atoms with E-state index in [2.05, 4.69) is 5.32 Å². The Balaban J connectivity index is 1.98. The molecule has 0 radical (unpaired) electrons. The van der Waals surface area contributed by atoms with E-state index in [-0.39, 0.29) is 12.6 Å². The van der Waals surface area contributed by atoms with Crippen molar-refractivity contribution in [1.82, 2.24) is 0 Å². The molecule has 0 bridgehead atoms. The zero-order valence-corrected chi connectivity index (χ0v) is 19.2. The van der Waals surface area contributed by atoms with E-state index in [0.29, 0.717) is 12.1 Å². The van der Waals surface area contributed by atoms with Crippen molar-refractivity contribution in [2.24, 2.45) is 5.41 Å². The van der Waals surface area contributed by atoms with Crippen LogP contribution in [0.4, 0.5) is 10.5 Å². The minimum absolute atomic E-state index is 0.142. The van der Waals surface area contributed by atoms with Crippen molar-refractivity contribution < 1.29 is 44.2 Å². The fraction of sp³-hybridized carbons (Fsp3) is 0.565. The largest absolute Gasteiger partial charge is 0.461 e. The van der Waals surface area contributed by atoms with Crippen LogP contribution in [0, 0.1) is 5.41 Å². The first-order valence-electron chi connectivity index (χ1n) is 10.7. The number of carbonyl (C=O) groups excluding carboxylic acids is 2. The van der Waals surface area contributed by atoms with E-state index in [9.17, 15) is 30.0 Å². The first-order valence-corrected chi connectivity index (χ1v) is 10.7. The van der Waals surface area contributed by atoms with E-state index >= 15 is 0 Å². The SMILES string of the molecule is CCc1cc(/C=C/COC(=O)C(C)(C)C)ccc1NC(=O)O[C@@H]1O[C@H](CO)[C@@H](O)[C@H](O)[C@H]1O. The van der Waals surface area contributed by atoms with Gasteiger partial charge in [0, 0.05) is 5.69 Å². The maximum atomic E-state index is 12.3. The van der Waals surface area contributed by atoms with Crippen molar-refractivity contribution in [1.29, 1.82) is 0 Å². The molecule has 33 heavy (non-hydrogen) atoms. The lowest BCUT2D eigenvalue weighted by molar-refractivity contribution is -0.283. The summed E-state index contributed by atoms with van der Waals surface area (Å²) in [6.07, 6.45) is -4.44. The van der Waals surface area contributed by atoms with E-state index in [4.69, 9.17) is 14.2 Å². The number of carbonyl (C=O) groups is 2. The number of aryl methyl sites for hydroxylation is 1. The molecular weight excluding hydrogens is 434 g/mol. The van der Waals surface area contributed by atoms with Crippen LogP contribution in [0.2, 0.25) is 0 Å². The number of amides is 1. The number of hydrogen-bond donors (Lipinski definition) is 5. The van der Waals surface area contributed by atoms with Gasteiger partial charge in [-0.3, -0.25) is 10.1 Å². The minimum atomic E-state index is -1.68. The molecule has 1 aromatic rings. The van der Waals surface area contributed by atoms with E-state index in [1.54, 1.807) is 45.1 Å². The number of anilines is 1.